The average Bonchev–Trinajstić information content (AvgIpc) is 3.12. The van der Waals surface area contributed by atoms with E-state index in [-0.39, 0.29) is 5.54 Å². The van der Waals surface area contributed by atoms with Crippen LogP contribution < -0.4 is 15.4 Å². The number of aryl methyl sites for hydroxylation is 1. The van der Waals surface area contributed by atoms with E-state index in [1.54, 1.807) is 0 Å². The van der Waals surface area contributed by atoms with Gasteiger partial charge in [-0.1, -0.05) is 44.0 Å². The largest absolute Gasteiger partial charge is 0.494 e. The maximum Gasteiger partial charge on any atom is 0.171 e. The van der Waals surface area contributed by atoms with Crippen molar-refractivity contribution in [1.29, 1.82) is 0 Å². The summed E-state index contributed by atoms with van der Waals surface area (Å²) in [5, 5.41) is 7.64. The zero-order valence-corrected chi connectivity index (χ0v) is 16.5. The Labute approximate surface area is 162 Å². The summed E-state index contributed by atoms with van der Waals surface area (Å²) >= 11 is 5.63. The van der Waals surface area contributed by atoms with Crippen LogP contribution in [0.2, 0.25) is 0 Å². The van der Waals surface area contributed by atoms with Gasteiger partial charge in [0, 0.05) is 5.69 Å². The number of hydrogen-bond acceptors (Lipinski definition) is 2. The van der Waals surface area contributed by atoms with Crippen LogP contribution in [0.4, 0.5) is 5.69 Å². The highest BCUT2D eigenvalue weighted by atomic mass is 32.1. The highest BCUT2D eigenvalue weighted by molar-refractivity contribution is 7.80. The second-order valence-electron chi connectivity index (χ2n) is 6.88. The van der Waals surface area contributed by atoms with E-state index >= 15 is 0 Å². The monoisotopic (exact) mass is 368 g/mol. The molecule has 0 heterocycles. The fourth-order valence-electron chi connectivity index (χ4n) is 3.70. The van der Waals surface area contributed by atoms with Crippen LogP contribution in [0.5, 0.6) is 5.75 Å². The Bertz CT molecular complexity index is 719. The van der Waals surface area contributed by atoms with Crippen molar-refractivity contribution in [1.82, 2.24) is 5.32 Å². The second-order valence-corrected chi connectivity index (χ2v) is 7.28. The summed E-state index contributed by atoms with van der Waals surface area (Å²) in [4.78, 5) is 0. The van der Waals surface area contributed by atoms with Crippen LogP contribution in [0.25, 0.3) is 0 Å². The van der Waals surface area contributed by atoms with Gasteiger partial charge in [-0.15, -0.1) is 0 Å². The SMILES string of the molecule is CCOc1ccc(C2(NC(=S)Nc3ccc(CC)cc3)CCCC2)cc1. The van der Waals surface area contributed by atoms with E-state index in [2.05, 4.69) is 66.1 Å². The molecule has 1 fully saturated rings. The Hall–Kier alpha value is -2.07. The smallest absolute Gasteiger partial charge is 0.171 e. The van der Waals surface area contributed by atoms with Crippen LogP contribution >= 0.6 is 12.2 Å². The molecule has 1 saturated carbocycles. The number of thiocarbonyl (C=S) groups is 1. The fraction of sp³-hybridized carbons (Fsp3) is 0.409. The molecule has 0 spiro atoms. The summed E-state index contributed by atoms with van der Waals surface area (Å²) in [6.45, 7) is 4.86. The summed E-state index contributed by atoms with van der Waals surface area (Å²) in [6, 6.07) is 16.9. The Kier molecular flexibility index (Phi) is 6.15. The van der Waals surface area contributed by atoms with Gasteiger partial charge in [0.05, 0.1) is 12.1 Å². The molecule has 26 heavy (non-hydrogen) atoms. The summed E-state index contributed by atoms with van der Waals surface area (Å²) in [5.74, 6) is 0.918. The van der Waals surface area contributed by atoms with Gasteiger partial charge >= 0.3 is 0 Å². The van der Waals surface area contributed by atoms with Gasteiger partial charge in [0.25, 0.3) is 0 Å². The van der Waals surface area contributed by atoms with Crippen LogP contribution in [-0.2, 0) is 12.0 Å². The maximum atomic E-state index is 5.63. The molecule has 138 valence electrons. The van der Waals surface area contributed by atoms with Gasteiger partial charge in [-0.05, 0) is 73.8 Å². The molecule has 2 aromatic carbocycles. The molecular formula is C22H28N2OS. The molecule has 3 nitrogen and oxygen atoms in total. The Morgan fingerprint density at radius 1 is 1.00 bits per heavy atom. The van der Waals surface area contributed by atoms with Crippen molar-refractivity contribution >= 4 is 23.0 Å². The highest BCUT2D eigenvalue weighted by Crippen LogP contribution is 2.39. The minimum absolute atomic E-state index is 0.0851. The lowest BCUT2D eigenvalue weighted by molar-refractivity contribution is 0.339. The maximum absolute atomic E-state index is 5.63. The molecule has 0 saturated heterocycles. The van der Waals surface area contributed by atoms with Crippen molar-refractivity contribution in [2.75, 3.05) is 11.9 Å². The first-order chi connectivity index (χ1) is 12.6. The highest BCUT2D eigenvalue weighted by Gasteiger charge is 2.36. The van der Waals surface area contributed by atoms with Gasteiger partial charge in [-0.25, -0.2) is 0 Å². The van der Waals surface area contributed by atoms with Gasteiger partial charge in [-0.2, -0.15) is 0 Å². The molecule has 0 radical (unpaired) electrons. The van der Waals surface area contributed by atoms with Crippen LogP contribution in [0.15, 0.2) is 48.5 Å². The molecule has 0 aromatic heterocycles. The second kappa shape index (κ2) is 8.54. The summed E-state index contributed by atoms with van der Waals surface area (Å²) in [6.07, 6.45) is 5.67. The molecule has 0 unspecified atom stereocenters. The van der Waals surface area contributed by atoms with E-state index in [4.69, 9.17) is 17.0 Å². The molecular weight excluding hydrogens is 340 g/mol. The minimum Gasteiger partial charge on any atom is -0.494 e. The molecule has 2 N–H and O–H groups in total. The molecule has 0 bridgehead atoms. The number of hydrogen-bond donors (Lipinski definition) is 2. The molecule has 1 aliphatic carbocycles. The third kappa shape index (κ3) is 4.36. The van der Waals surface area contributed by atoms with Gasteiger partial charge in [0.2, 0.25) is 0 Å². The minimum atomic E-state index is -0.0851. The van der Waals surface area contributed by atoms with E-state index in [9.17, 15) is 0 Å². The van der Waals surface area contributed by atoms with Crippen molar-refractivity contribution in [2.45, 2.75) is 51.5 Å². The van der Waals surface area contributed by atoms with Crippen LogP contribution in [0, 0.1) is 0 Å². The van der Waals surface area contributed by atoms with Crippen molar-refractivity contribution in [3.63, 3.8) is 0 Å². The summed E-state index contributed by atoms with van der Waals surface area (Å²) < 4.78 is 5.58. The van der Waals surface area contributed by atoms with E-state index in [1.165, 1.54) is 24.0 Å². The lowest BCUT2D eigenvalue weighted by Gasteiger charge is -2.32. The topological polar surface area (TPSA) is 33.3 Å². The van der Waals surface area contributed by atoms with Gasteiger partial charge in [0.15, 0.2) is 5.11 Å². The molecule has 1 aliphatic rings. The Morgan fingerprint density at radius 2 is 1.65 bits per heavy atom. The van der Waals surface area contributed by atoms with Gasteiger partial charge < -0.3 is 15.4 Å². The summed E-state index contributed by atoms with van der Waals surface area (Å²) in [7, 11) is 0. The van der Waals surface area contributed by atoms with E-state index in [1.807, 2.05) is 6.92 Å². The predicted molar refractivity (Wildman–Crippen MR) is 113 cm³/mol. The number of rotatable bonds is 6. The van der Waals surface area contributed by atoms with Crippen LogP contribution in [-0.4, -0.2) is 11.7 Å². The molecule has 0 atom stereocenters. The molecule has 0 amide bonds. The molecule has 2 aromatic rings. The zero-order chi connectivity index (χ0) is 18.4. The summed E-state index contributed by atoms with van der Waals surface area (Å²) in [5.41, 5.74) is 3.55. The van der Waals surface area contributed by atoms with Crippen molar-refractivity contribution in [3.05, 3.63) is 59.7 Å². The Balaban J connectivity index is 1.71. The van der Waals surface area contributed by atoms with Crippen LogP contribution in [0.1, 0.15) is 50.7 Å². The fourth-order valence-corrected chi connectivity index (χ4v) is 4.02. The number of benzene rings is 2. The zero-order valence-electron chi connectivity index (χ0n) is 15.7. The molecule has 0 aliphatic heterocycles. The van der Waals surface area contributed by atoms with Gasteiger partial charge in [-0.3, -0.25) is 0 Å². The quantitative estimate of drug-likeness (QED) is 0.669. The first kappa shape index (κ1) is 18.7. The molecule has 4 heteroatoms. The van der Waals surface area contributed by atoms with Crippen LogP contribution in [0.3, 0.4) is 0 Å². The predicted octanol–water partition coefficient (Wildman–Crippen LogP) is 5.40. The standard InChI is InChI=1S/C22H28N2OS/c1-3-17-7-11-19(12-8-17)23-21(26)24-22(15-5-6-16-22)18-9-13-20(14-10-18)25-4-2/h7-14H,3-6,15-16H2,1-2H3,(H2,23,24,26). The van der Waals surface area contributed by atoms with Gasteiger partial charge in [0.1, 0.15) is 5.75 Å². The number of nitrogens with one attached hydrogen (secondary N) is 2. The third-order valence-corrected chi connectivity index (χ3v) is 5.35. The van der Waals surface area contributed by atoms with E-state index in [0.29, 0.717) is 11.7 Å². The lowest BCUT2D eigenvalue weighted by Crippen LogP contribution is -2.45. The van der Waals surface area contributed by atoms with Crippen molar-refractivity contribution in [2.24, 2.45) is 0 Å². The Morgan fingerprint density at radius 3 is 2.23 bits per heavy atom. The first-order valence-corrected chi connectivity index (χ1v) is 9.97. The van der Waals surface area contributed by atoms with Crippen molar-refractivity contribution in [3.8, 4) is 5.75 Å². The number of anilines is 1. The number of ether oxygens (including phenoxy) is 1. The van der Waals surface area contributed by atoms with E-state index in [0.717, 1.165) is 30.7 Å². The van der Waals surface area contributed by atoms with Crippen molar-refractivity contribution < 1.29 is 4.74 Å². The first-order valence-electron chi connectivity index (χ1n) is 9.56. The third-order valence-electron chi connectivity index (χ3n) is 5.15. The normalized spacial score (nSPS) is 15.5. The lowest BCUT2D eigenvalue weighted by atomic mass is 9.88. The molecule has 3 rings (SSSR count). The van der Waals surface area contributed by atoms with E-state index < -0.39 is 0 Å². The average molecular weight is 369 g/mol.